The van der Waals surface area contributed by atoms with E-state index in [9.17, 15) is 0 Å². The standard InChI is InChI=1S/C14H13N3/c1-10-8-16-14-6-5-12(9-17(10)14)11-3-2-4-13(15)7-11/h2-9H,15H2,1H3. The minimum atomic E-state index is 0.782. The normalized spacial score (nSPS) is 10.9. The van der Waals surface area contributed by atoms with Gasteiger partial charge in [-0.15, -0.1) is 0 Å². The number of hydrogen-bond acceptors (Lipinski definition) is 2. The molecule has 0 unspecified atom stereocenters. The van der Waals surface area contributed by atoms with Gasteiger partial charge in [-0.25, -0.2) is 4.98 Å². The summed E-state index contributed by atoms with van der Waals surface area (Å²) in [6.07, 6.45) is 3.96. The van der Waals surface area contributed by atoms with Crippen LogP contribution in [-0.2, 0) is 0 Å². The summed E-state index contributed by atoms with van der Waals surface area (Å²) in [5.41, 5.74) is 10.9. The van der Waals surface area contributed by atoms with Gasteiger partial charge in [0.05, 0.1) is 0 Å². The number of nitrogen functional groups attached to an aromatic ring is 1. The highest BCUT2D eigenvalue weighted by atomic mass is 15.0. The molecule has 0 fully saturated rings. The lowest BCUT2D eigenvalue weighted by Gasteiger charge is -2.04. The molecule has 3 aromatic rings. The molecular formula is C14H13N3. The van der Waals surface area contributed by atoms with Crippen molar-refractivity contribution in [1.29, 1.82) is 0 Å². The van der Waals surface area contributed by atoms with E-state index in [0.29, 0.717) is 0 Å². The maximum Gasteiger partial charge on any atom is 0.136 e. The molecule has 2 heterocycles. The van der Waals surface area contributed by atoms with E-state index < -0.39 is 0 Å². The number of fused-ring (bicyclic) bond motifs is 1. The Bertz CT molecular complexity index is 683. The van der Waals surface area contributed by atoms with Crippen LogP contribution in [0.3, 0.4) is 0 Å². The van der Waals surface area contributed by atoms with E-state index >= 15 is 0 Å². The highest BCUT2D eigenvalue weighted by Gasteiger charge is 2.02. The Balaban J connectivity index is 2.20. The van der Waals surface area contributed by atoms with Gasteiger partial charge in [-0.1, -0.05) is 12.1 Å². The highest BCUT2D eigenvalue weighted by Crippen LogP contribution is 2.22. The van der Waals surface area contributed by atoms with E-state index in [4.69, 9.17) is 5.73 Å². The van der Waals surface area contributed by atoms with Crippen molar-refractivity contribution in [2.45, 2.75) is 6.92 Å². The van der Waals surface area contributed by atoms with Crippen LogP contribution in [0.15, 0.2) is 48.8 Å². The third-order valence-electron chi connectivity index (χ3n) is 2.91. The van der Waals surface area contributed by atoms with Crippen molar-refractivity contribution < 1.29 is 0 Å². The molecule has 3 rings (SSSR count). The molecule has 3 heteroatoms. The van der Waals surface area contributed by atoms with E-state index in [1.165, 1.54) is 0 Å². The van der Waals surface area contributed by atoms with Crippen molar-refractivity contribution in [2.24, 2.45) is 0 Å². The summed E-state index contributed by atoms with van der Waals surface area (Å²) >= 11 is 0. The SMILES string of the molecule is Cc1cnc2ccc(-c3cccc(N)c3)cn12. The second-order valence-electron chi connectivity index (χ2n) is 4.17. The summed E-state index contributed by atoms with van der Waals surface area (Å²) in [5, 5.41) is 0. The number of pyridine rings is 1. The summed E-state index contributed by atoms with van der Waals surface area (Å²) in [5.74, 6) is 0. The van der Waals surface area contributed by atoms with Crippen molar-refractivity contribution >= 4 is 11.3 Å². The van der Waals surface area contributed by atoms with Crippen LogP contribution >= 0.6 is 0 Å². The van der Waals surface area contributed by atoms with E-state index in [2.05, 4.69) is 27.7 Å². The van der Waals surface area contributed by atoms with Crippen LogP contribution in [0.25, 0.3) is 16.8 Å². The van der Waals surface area contributed by atoms with Gasteiger partial charge in [0, 0.05) is 23.8 Å². The van der Waals surface area contributed by atoms with Gasteiger partial charge in [-0.05, 0) is 42.3 Å². The molecule has 0 aliphatic heterocycles. The number of aryl methyl sites for hydroxylation is 1. The largest absolute Gasteiger partial charge is 0.399 e. The van der Waals surface area contributed by atoms with Crippen LogP contribution in [0, 0.1) is 6.92 Å². The molecule has 0 aliphatic carbocycles. The first-order chi connectivity index (χ1) is 8.24. The van der Waals surface area contributed by atoms with Crippen LogP contribution in [0.2, 0.25) is 0 Å². The van der Waals surface area contributed by atoms with Gasteiger partial charge in [0.25, 0.3) is 0 Å². The van der Waals surface area contributed by atoms with Crippen molar-refractivity contribution in [2.75, 3.05) is 5.73 Å². The molecule has 0 saturated heterocycles. The number of nitrogens with two attached hydrogens (primary N) is 1. The minimum Gasteiger partial charge on any atom is -0.399 e. The number of hydrogen-bond donors (Lipinski definition) is 1. The quantitative estimate of drug-likeness (QED) is 0.644. The summed E-state index contributed by atoms with van der Waals surface area (Å²) in [6.45, 7) is 2.04. The fourth-order valence-corrected chi connectivity index (χ4v) is 1.99. The zero-order chi connectivity index (χ0) is 11.8. The summed E-state index contributed by atoms with van der Waals surface area (Å²) < 4.78 is 2.08. The molecule has 0 radical (unpaired) electrons. The summed E-state index contributed by atoms with van der Waals surface area (Å²) in [7, 11) is 0. The van der Waals surface area contributed by atoms with Gasteiger partial charge in [0.2, 0.25) is 0 Å². The maximum absolute atomic E-state index is 5.80. The molecular weight excluding hydrogens is 210 g/mol. The van der Waals surface area contributed by atoms with E-state index in [1.54, 1.807) is 0 Å². The molecule has 0 bridgehead atoms. The second-order valence-corrected chi connectivity index (χ2v) is 4.17. The predicted octanol–water partition coefficient (Wildman–Crippen LogP) is 2.89. The van der Waals surface area contributed by atoms with Crippen molar-refractivity contribution in [3.8, 4) is 11.1 Å². The van der Waals surface area contributed by atoms with Gasteiger partial charge in [0.15, 0.2) is 0 Å². The first-order valence-electron chi connectivity index (χ1n) is 5.54. The van der Waals surface area contributed by atoms with Gasteiger partial charge >= 0.3 is 0 Å². The predicted molar refractivity (Wildman–Crippen MR) is 69.8 cm³/mol. The number of benzene rings is 1. The Labute approximate surface area is 99.5 Å². The molecule has 0 amide bonds. The van der Waals surface area contributed by atoms with Gasteiger partial charge in [-0.3, -0.25) is 0 Å². The minimum absolute atomic E-state index is 0.782. The van der Waals surface area contributed by atoms with Crippen LogP contribution in [0.4, 0.5) is 5.69 Å². The second kappa shape index (κ2) is 3.63. The lowest BCUT2D eigenvalue weighted by atomic mass is 10.1. The van der Waals surface area contributed by atoms with Crippen LogP contribution < -0.4 is 5.73 Å². The van der Waals surface area contributed by atoms with Crippen molar-refractivity contribution in [3.05, 3.63) is 54.5 Å². The third-order valence-corrected chi connectivity index (χ3v) is 2.91. The third kappa shape index (κ3) is 1.65. The fourth-order valence-electron chi connectivity index (χ4n) is 1.99. The number of aromatic nitrogens is 2. The Morgan fingerprint density at radius 1 is 1.12 bits per heavy atom. The van der Waals surface area contributed by atoms with E-state index in [-0.39, 0.29) is 0 Å². The van der Waals surface area contributed by atoms with E-state index in [1.807, 2.05) is 37.4 Å². The van der Waals surface area contributed by atoms with Crippen molar-refractivity contribution in [3.63, 3.8) is 0 Å². The molecule has 0 saturated carbocycles. The fraction of sp³-hybridized carbons (Fsp3) is 0.0714. The molecule has 3 nitrogen and oxygen atoms in total. The zero-order valence-corrected chi connectivity index (χ0v) is 9.59. The van der Waals surface area contributed by atoms with Gasteiger partial charge in [0.1, 0.15) is 5.65 Å². The molecule has 84 valence electrons. The van der Waals surface area contributed by atoms with Crippen LogP contribution in [0.5, 0.6) is 0 Å². The smallest absolute Gasteiger partial charge is 0.136 e. The highest BCUT2D eigenvalue weighted by molar-refractivity contribution is 5.68. The first kappa shape index (κ1) is 9.90. The maximum atomic E-state index is 5.80. The number of rotatable bonds is 1. The first-order valence-corrected chi connectivity index (χ1v) is 5.54. The molecule has 17 heavy (non-hydrogen) atoms. The van der Waals surface area contributed by atoms with Crippen molar-refractivity contribution in [1.82, 2.24) is 9.38 Å². The Morgan fingerprint density at radius 2 is 2.00 bits per heavy atom. The molecule has 0 aliphatic rings. The van der Waals surface area contributed by atoms with Crippen LogP contribution in [0.1, 0.15) is 5.69 Å². The molecule has 0 spiro atoms. The average Bonchev–Trinajstić information content (AvgIpc) is 2.71. The number of anilines is 1. The lowest BCUT2D eigenvalue weighted by molar-refractivity contribution is 1.11. The summed E-state index contributed by atoms with van der Waals surface area (Å²) in [4.78, 5) is 4.31. The number of nitrogens with zero attached hydrogens (tertiary/aromatic N) is 2. The van der Waals surface area contributed by atoms with Gasteiger partial charge < -0.3 is 10.1 Å². The Hall–Kier alpha value is -2.29. The topological polar surface area (TPSA) is 43.3 Å². The molecule has 1 aromatic carbocycles. The Morgan fingerprint density at radius 3 is 2.82 bits per heavy atom. The monoisotopic (exact) mass is 223 g/mol. The number of imidazole rings is 1. The van der Waals surface area contributed by atoms with Crippen LogP contribution in [-0.4, -0.2) is 9.38 Å². The Kier molecular flexibility index (Phi) is 2.11. The molecule has 2 aromatic heterocycles. The average molecular weight is 223 g/mol. The van der Waals surface area contributed by atoms with Gasteiger partial charge in [-0.2, -0.15) is 0 Å². The zero-order valence-electron chi connectivity index (χ0n) is 9.59. The summed E-state index contributed by atoms with van der Waals surface area (Å²) in [6, 6.07) is 12.0. The van der Waals surface area contributed by atoms with E-state index in [0.717, 1.165) is 28.2 Å². The molecule has 0 atom stereocenters. The molecule has 2 N–H and O–H groups in total. The lowest BCUT2D eigenvalue weighted by Crippen LogP contribution is -1.90.